The summed E-state index contributed by atoms with van der Waals surface area (Å²) in [6.07, 6.45) is 0. The summed E-state index contributed by atoms with van der Waals surface area (Å²) in [6.45, 7) is 0.0566. The molecule has 0 aliphatic heterocycles. The first-order valence-corrected chi connectivity index (χ1v) is 10.7. The van der Waals surface area contributed by atoms with Gasteiger partial charge >= 0.3 is 0 Å². The molecule has 0 radical (unpaired) electrons. The Morgan fingerprint density at radius 3 is 1.91 bits per heavy atom. The summed E-state index contributed by atoms with van der Waals surface area (Å²) in [4.78, 5) is 13.8. The summed E-state index contributed by atoms with van der Waals surface area (Å²) >= 11 is 0. The lowest BCUT2D eigenvalue weighted by Crippen LogP contribution is -2.42. The molecule has 2 N–H and O–H groups in total. The van der Waals surface area contributed by atoms with Crippen LogP contribution < -0.4 is 5.32 Å². The molecule has 3 nitrogen and oxygen atoms in total. The summed E-state index contributed by atoms with van der Waals surface area (Å²) in [7, 11) is 0. The zero-order valence-corrected chi connectivity index (χ0v) is 17.5. The highest BCUT2D eigenvalue weighted by molar-refractivity contribution is 6.06. The molecule has 0 fully saturated rings. The molecule has 3 heteroatoms. The van der Waals surface area contributed by atoms with Gasteiger partial charge < -0.3 is 10.4 Å². The second-order valence-corrected chi connectivity index (χ2v) is 8.03. The summed E-state index contributed by atoms with van der Waals surface area (Å²) in [6, 6.07) is 36.7. The maximum atomic E-state index is 13.8. The third-order valence-electron chi connectivity index (χ3n) is 5.94. The first-order chi connectivity index (χ1) is 15.6. The summed E-state index contributed by atoms with van der Waals surface area (Å²) < 4.78 is 0. The monoisotopic (exact) mass is 417 g/mol. The normalized spacial score (nSPS) is 13.0. The summed E-state index contributed by atoms with van der Waals surface area (Å²) in [5.74, 6) is -0.332. The lowest BCUT2D eigenvalue weighted by molar-refractivity contribution is 0.0365. The van der Waals surface area contributed by atoms with Gasteiger partial charge in [0.25, 0.3) is 0 Å². The molecule has 0 amide bonds. The van der Waals surface area contributed by atoms with E-state index in [-0.39, 0.29) is 12.3 Å². The van der Waals surface area contributed by atoms with E-state index in [2.05, 4.69) is 5.32 Å². The van der Waals surface area contributed by atoms with Crippen LogP contribution in [-0.2, 0) is 5.60 Å². The van der Waals surface area contributed by atoms with Crippen molar-refractivity contribution in [2.24, 2.45) is 0 Å². The number of anilines is 1. The Morgan fingerprint density at radius 2 is 1.22 bits per heavy atom. The zero-order chi connectivity index (χ0) is 22.0. The molecule has 0 spiro atoms. The molecule has 156 valence electrons. The smallest absolute Gasteiger partial charge is 0.200 e. The quantitative estimate of drug-likeness (QED) is 0.325. The number of aliphatic hydroxyl groups is 1. The van der Waals surface area contributed by atoms with E-state index in [1.807, 2.05) is 109 Å². The number of hydrogen-bond donors (Lipinski definition) is 2. The topological polar surface area (TPSA) is 49.3 Å². The lowest BCUT2D eigenvalue weighted by atomic mass is 9.84. The van der Waals surface area contributed by atoms with Crippen LogP contribution in [0.1, 0.15) is 15.9 Å². The van der Waals surface area contributed by atoms with Gasteiger partial charge in [0.1, 0.15) is 0 Å². The van der Waals surface area contributed by atoms with E-state index in [1.54, 1.807) is 6.07 Å². The summed E-state index contributed by atoms with van der Waals surface area (Å²) in [5.41, 5.74) is 0.160. The van der Waals surface area contributed by atoms with Crippen molar-refractivity contribution in [2.45, 2.75) is 5.60 Å². The van der Waals surface area contributed by atoms with Crippen LogP contribution in [0.25, 0.3) is 21.5 Å². The van der Waals surface area contributed by atoms with E-state index < -0.39 is 5.60 Å². The predicted molar refractivity (Wildman–Crippen MR) is 131 cm³/mol. The van der Waals surface area contributed by atoms with Gasteiger partial charge in [-0.25, -0.2) is 0 Å². The second kappa shape index (κ2) is 8.29. The first kappa shape index (κ1) is 20.0. The van der Waals surface area contributed by atoms with Crippen LogP contribution >= 0.6 is 0 Å². The second-order valence-electron chi connectivity index (χ2n) is 8.03. The number of rotatable bonds is 6. The van der Waals surface area contributed by atoms with Crippen molar-refractivity contribution < 1.29 is 9.90 Å². The van der Waals surface area contributed by atoms with Crippen molar-refractivity contribution in [1.29, 1.82) is 0 Å². The molecular formula is C29H23NO2. The third kappa shape index (κ3) is 3.75. The van der Waals surface area contributed by atoms with Crippen molar-refractivity contribution in [3.8, 4) is 0 Å². The van der Waals surface area contributed by atoms with Crippen LogP contribution in [0, 0.1) is 0 Å². The maximum Gasteiger partial charge on any atom is 0.200 e. The third-order valence-corrected chi connectivity index (χ3v) is 5.94. The van der Waals surface area contributed by atoms with Gasteiger partial charge in [-0.15, -0.1) is 0 Å². The number of carbonyl (C=O) groups is 1. The first-order valence-electron chi connectivity index (χ1n) is 10.7. The number of fused-ring (bicyclic) bond motifs is 2. The Bertz CT molecular complexity index is 1410. The number of benzene rings is 5. The zero-order valence-electron chi connectivity index (χ0n) is 17.5. The minimum absolute atomic E-state index is 0.0566. The van der Waals surface area contributed by atoms with E-state index in [9.17, 15) is 9.90 Å². The summed E-state index contributed by atoms with van der Waals surface area (Å²) in [5, 5.41) is 19.2. The van der Waals surface area contributed by atoms with Crippen molar-refractivity contribution in [3.05, 3.63) is 126 Å². The molecule has 0 aliphatic rings. The van der Waals surface area contributed by atoms with Gasteiger partial charge in [-0.05, 0) is 51.4 Å². The molecule has 0 heterocycles. The molecule has 1 atom stereocenters. The van der Waals surface area contributed by atoms with Crippen molar-refractivity contribution in [2.75, 3.05) is 11.9 Å². The van der Waals surface area contributed by atoms with Gasteiger partial charge in [0.15, 0.2) is 5.60 Å². The maximum absolute atomic E-state index is 13.8. The van der Waals surface area contributed by atoms with E-state index in [0.29, 0.717) is 11.1 Å². The van der Waals surface area contributed by atoms with Crippen LogP contribution in [0.4, 0.5) is 5.69 Å². The van der Waals surface area contributed by atoms with E-state index in [1.165, 1.54) is 0 Å². The Hall–Kier alpha value is -3.95. The number of carbonyl (C=O) groups excluding carboxylic acids is 1. The van der Waals surface area contributed by atoms with Crippen molar-refractivity contribution in [1.82, 2.24) is 0 Å². The molecule has 0 unspecified atom stereocenters. The Labute approximate surface area is 187 Å². The van der Waals surface area contributed by atoms with Gasteiger partial charge in [0, 0.05) is 11.3 Å². The van der Waals surface area contributed by atoms with Crippen LogP contribution in [0.2, 0.25) is 0 Å². The number of ketones is 1. The fraction of sp³-hybridized carbons (Fsp3) is 0.0690. The fourth-order valence-electron chi connectivity index (χ4n) is 4.12. The minimum atomic E-state index is -1.73. The fourth-order valence-corrected chi connectivity index (χ4v) is 4.12. The molecule has 0 aromatic heterocycles. The minimum Gasteiger partial charge on any atom is -0.381 e. The standard InChI is InChI=1S/C29H23NO2/c31-28(25-15-14-21-8-4-6-10-23(21)18-25)29(32,20-30-27-12-2-1-3-13-27)26-17-16-22-9-5-7-11-24(22)19-26/h1-19,30,32H,20H2/t29-/m1/s1. The number of hydrogen-bond acceptors (Lipinski definition) is 3. The molecule has 0 aliphatic carbocycles. The van der Waals surface area contributed by atoms with Crippen molar-refractivity contribution >= 4 is 33.0 Å². The molecule has 0 saturated carbocycles. The molecule has 0 bridgehead atoms. The number of nitrogens with one attached hydrogen (secondary N) is 1. The van der Waals surface area contributed by atoms with Crippen LogP contribution in [-0.4, -0.2) is 17.4 Å². The molecule has 5 rings (SSSR count). The van der Waals surface area contributed by atoms with Crippen molar-refractivity contribution in [3.63, 3.8) is 0 Å². The molecular weight excluding hydrogens is 394 g/mol. The van der Waals surface area contributed by atoms with Crippen LogP contribution in [0.15, 0.2) is 115 Å². The molecule has 32 heavy (non-hydrogen) atoms. The van der Waals surface area contributed by atoms with E-state index in [0.717, 1.165) is 27.2 Å². The highest BCUT2D eigenvalue weighted by Crippen LogP contribution is 2.30. The molecule has 5 aromatic rings. The van der Waals surface area contributed by atoms with Gasteiger partial charge in [0.05, 0.1) is 6.54 Å². The van der Waals surface area contributed by atoms with Gasteiger partial charge in [-0.2, -0.15) is 0 Å². The van der Waals surface area contributed by atoms with E-state index >= 15 is 0 Å². The Kier molecular flexibility index (Phi) is 5.18. The van der Waals surface area contributed by atoms with Crippen LogP contribution in [0.5, 0.6) is 0 Å². The number of para-hydroxylation sites is 1. The molecule has 0 saturated heterocycles. The van der Waals surface area contributed by atoms with Gasteiger partial charge in [-0.1, -0.05) is 91.0 Å². The Balaban J connectivity index is 1.59. The Morgan fingerprint density at radius 1 is 0.656 bits per heavy atom. The average molecular weight is 418 g/mol. The SMILES string of the molecule is O=C(c1ccc2ccccc2c1)[C@@](O)(CNc1ccccc1)c1ccc2ccccc2c1. The highest BCUT2D eigenvalue weighted by atomic mass is 16.3. The largest absolute Gasteiger partial charge is 0.381 e. The van der Waals surface area contributed by atoms with Gasteiger partial charge in [0.2, 0.25) is 5.78 Å². The number of Topliss-reactive ketones (excluding diaryl/α,β-unsaturated/α-hetero) is 1. The highest BCUT2D eigenvalue weighted by Gasteiger charge is 2.38. The predicted octanol–water partition coefficient (Wildman–Crippen LogP) is 6.18. The average Bonchev–Trinajstić information content (AvgIpc) is 2.87. The van der Waals surface area contributed by atoms with Crippen LogP contribution in [0.3, 0.4) is 0 Å². The van der Waals surface area contributed by atoms with Gasteiger partial charge in [-0.3, -0.25) is 4.79 Å². The molecule has 5 aromatic carbocycles. The lowest BCUT2D eigenvalue weighted by Gasteiger charge is -2.28. The van der Waals surface area contributed by atoms with E-state index in [4.69, 9.17) is 0 Å².